The number of oxazole rings is 1. The fourth-order valence-electron chi connectivity index (χ4n) is 2.51. The van der Waals surface area contributed by atoms with E-state index in [9.17, 15) is 4.79 Å². The predicted molar refractivity (Wildman–Crippen MR) is 93.2 cm³/mol. The molecule has 130 valence electrons. The number of methoxy groups -OCH3 is 3. The average Bonchev–Trinajstić information content (AvgIpc) is 3.01. The van der Waals surface area contributed by atoms with Crippen molar-refractivity contribution < 1.29 is 23.4 Å². The van der Waals surface area contributed by atoms with Crippen LogP contribution in [0.4, 0.5) is 0 Å². The summed E-state index contributed by atoms with van der Waals surface area (Å²) in [4.78, 5) is 16.9. The van der Waals surface area contributed by atoms with E-state index in [1.165, 1.54) is 21.3 Å². The van der Waals surface area contributed by atoms with E-state index < -0.39 is 0 Å². The summed E-state index contributed by atoms with van der Waals surface area (Å²) >= 11 is 5.94. The predicted octanol–water partition coefficient (Wildman–Crippen LogP) is 3.93. The molecule has 1 heterocycles. The van der Waals surface area contributed by atoms with Gasteiger partial charge in [0.1, 0.15) is 5.52 Å². The Bertz CT molecular complexity index is 909. The van der Waals surface area contributed by atoms with Gasteiger partial charge in [0.15, 0.2) is 22.9 Å². The molecule has 0 amide bonds. The molecule has 0 unspecified atom stereocenters. The van der Waals surface area contributed by atoms with Gasteiger partial charge in [0.05, 0.1) is 27.8 Å². The lowest BCUT2D eigenvalue weighted by atomic mass is 10.1. The van der Waals surface area contributed by atoms with Gasteiger partial charge in [-0.1, -0.05) is 11.6 Å². The first-order valence-electron chi connectivity index (χ1n) is 7.44. The summed E-state index contributed by atoms with van der Waals surface area (Å²) in [5, 5.41) is 0.559. The number of Topliss-reactive ketones (excluding diaryl/α,β-unsaturated/α-hetero) is 1. The highest BCUT2D eigenvalue weighted by atomic mass is 35.5. The van der Waals surface area contributed by atoms with Crippen molar-refractivity contribution in [2.24, 2.45) is 0 Å². The number of ketones is 1. The standard InChI is InChI=1S/C18H16ClNO5/c1-22-15-6-10(7-16(23-2)18(15)24-3)13(21)9-17-20-12-8-11(19)4-5-14(12)25-17/h4-8H,9H2,1-3H3. The van der Waals surface area contributed by atoms with Gasteiger partial charge in [0.2, 0.25) is 11.6 Å². The molecule has 0 fully saturated rings. The molecule has 3 aromatic rings. The van der Waals surface area contributed by atoms with E-state index in [2.05, 4.69) is 4.98 Å². The Balaban J connectivity index is 1.91. The maximum Gasteiger partial charge on any atom is 0.203 e. The van der Waals surface area contributed by atoms with E-state index in [1.807, 2.05) is 0 Å². The van der Waals surface area contributed by atoms with Gasteiger partial charge in [-0.25, -0.2) is 4.98 Å². The summed E-state index contributed by atoms with van der Waals surface area (Å²) in [7, 11) is 4.50. The number of benzene rings is 2. The number of aromatic nitrogens is 1. The number of ether oxygens (including phenoxy) is 3. The first kappa shape index (κ1) is 17.1. The molecule has 0 bridgehead atoms. The number of halogens is 1. The van der Waals surface area contributed by atoms with Gasteiger partial charge in [0.25, 0.3) is 0 Å². The van der Waals surface area contributed by atoms with Crippen LogP contribution in [0, 0.1) is 0 Å². The molecule has 2 aromatic carbocycles. The van der Waals surface area contributed by atoms with Crippen molar-refractivity contribution in [3.05, 3.63) is 46.8 Å². The third-order valence-electron chi connectivity index (χ3n) is 3.69. The van der Waals surface area contributed by atoms with Crippen molar-refractivity contribution in [3.8, 4) is 17.2 Å². The molecule has 1 aromatic heterocycles. The Labute approximate surface area is 149 Å². The number of hydrogen-bond acceptors (Lipinski definition) is 6. The van der Waals surface area contributed by atoms with Crippen LogP contribution in [0.3, 0.4) is 0 Å². The Kier molecular flexibility index (Phi) is 4.81. The van der Waals surface area contributed by atoms with E-state index in [0.29, 0.717) is 44.8 Å². The summed E-state index contributed by atoms with van der Waals surface area (Å²) < 4.78 is 21.4. The molecule has 0 saturated heterocycles. The first-order chi connectivity index (χ1) is 12.0. The van der Waals surface area contributed by atoms with Gasteiger partial charge < -0.3 is 18.6 Å². The maximum atomic E-state index is 12.6. The second-order valence-corrected chi connectivity index (χ2v) is 5.67. The zero-order valence-electron chi connectivity index (χ0n) is 14.0. The normalized spacial score (nSPS) is 10.7. The second-order valence-electron chi connectivity index (χ2n) is 5.23. The molecule has 7 heteroatoms. The van der Waals surface area contributed by atoms with Crippen LogP contribution in [-0.4, -0.2) is 32.1 Å². The fourth-order valence-corrected chi connectivity index (χ4v) is 2.67. The van der Waals surface area contributed by atoms with Crippen LogP contribution < -0.4 is 14.2 Å². The number of nitrogens with zero attached hydrogens (tertiary/aromatic N) is 1. The summed E-state index contributed by atoms with van der Waals surface area (Å²) in [5.41, 5.74) is 1.60. The monoisotopic (exact) mass is 361 g/mol. The third-order valence-corrected chi connectivity index (χ3v) is 3.93. The van der Waals surface area contributed by atoms with E-state index in [-0.39, 0.29) is 12.2 Å². The largest absolute Gasteiger partial charge is 0.493 e. The van der Waals surface area contributed by atoms with Gasteiger partial charge in [-0.05, 0) is 30.3 Å². The zero-order chi connectivity index (χ0) is 18.0. The van der Waals surface area contributed by atoms with Gasteiger partial charge in [-0.15, -0.1) is 0 Å². The van der Waals surface area contributed by atoms with Crippen LogP contribution in [0.1, 0.15) is 16.2 Å². The molecule has 0 aliphatic rings. The van der Waals surface area contributed by atoms with Crippen LogP contribution >= 0.6 is 11.6 Å². The summed E-state index contributed by atoms with van der Waals surface area (Å²) in [6.45, 7) is 0. The minimum Gasteiger partial charge on any atom is -0.493 e. The topological polar surface area (TPSA) is 70.8 Å². The average molecular weight is 362 g/mol. The quantitative estimate of drug-likeness (QED) is 0.619. The van der Waals surface area contributed by atoms with Crippen molar-refractivity contribution in [1.29, 1.82) is 0 Å². The molecule has 3 rings (SSSR count). The van der Waals surface area contributed by atoms with E-state index >= 15 is 0 Å². The number of carbonyl (C=O) groups is 1. The van der Waals surface area contributed by atoms with Gasteiger partial charge in [0, 0.05) is 10.6 Å². The number of fused-ring (bicyclic) bond motifs is 1. The molecule has 0 radical (unpaired) electrons. The zero-order valence-corrected chi connectivity index (χ0v) is 14.7. The molecule has 0 aliphatic heterocycles. The lowest BCUT2D eigenvalue weighted by Gasteiger charge is -2.13. The van der Waals surface area contributed by atoms with Crippen molar-refractivity contribution in [3.63, 3.8) is 0 Å². The van der Waals surface area contributed by atoms with Crippen LogP contribution in [0.2, 0.25) is 5.02 Å². The van der Waals surface area contributed by atoms with Gasteiger partial charge in [-0.2, -0.15) is 0 Å². The Morgan fingerprint density at radius 2 is 1.76 bits per heavy atom. The first-order valence-corrected chi connectivity index (χ1v) is 7.81. The number of rotatable bonds is 6. The molecule has 0 spiro atoms. The van der Waals surface area contributed by atoms with Crippen molar-refractivity contribution in [2.45, 2.75) is 6.42 Å². The van der Waals surface area contributed by atoms with Crippen molar-refractivity contribution in [1.82, 2.24) is 4.98 Å². The number of hydrogen-bond donors (Lipinski definition) is 0. The lowest BCUT2D eigenvalue weighted by Crippen LogP contribution is -2.06. The van der Waals surface area contributed by atoms with Gasteiger partial charge in [-0.3, -0.25) is 4.79 Å². The van der Waals surface area contributed by atoms with E-state index in [0.717, 1.165) is 0 Å². The molecular weight excluding hydrogens is 346 g/mol. The molecule has 0 aliphatic carbocycles. The highest BCUT2D eigenvalue weighted by Gasteiger charge is 2.19. The molecular formula is C18H16ClNO5. The maximum absolute atomic E-state index is 12.6. The van der Waals surface area contributed by atoms with Crippen LogP contribution in [0.25, 0.3) is 11.1 Å². The minimum absolute atomic E-state index is 0.00490. The lowest BCUT2D eigenvalue weighted by molar-refractivity contribution is 0.0985. The van der Waals surface area contributed by atoms with Crippen molar-refractivity contribution in [2.75, 3.05) is 21.3 Å². The van der Waals surface area contributed by atoms with E-state index in [1.54, 1.807) is 30.3 Å². The second kappa shape index (κ2) is 7.03. The van der Waals surface area contributed by atoms with Gasteiger partial charge >= 0.3 is 0 Å². The summed E-state index contributed by atoms with van der Waals surface area (Å²) in [6.07, 6.45) is 0.00490. The highest BCUT2D eigenvalue weighted by Crippen LogP contribution is 2.38. The smallest absolute Gasteiger partial charge is 0.203 e. The molecule has 0 N–H and O–H groups in total. The van der Waals surface area contributed by atoms with Crippen LogP contribution in [-0.2, 0) is 6.42 Å². The minimum atomic E-state index is -0.183. The number of carbonyl (C=O) groups excluding carboxylic acids is 1. The molecule has 0 saturated carbocycles. The molecule has 6 nitrogen and oxygen atoms in total. The SMILES string of the molecule is COc1cc(C(=O)Cc2nc3cc(Cl)ccc3o2)cc(OC)c1OC. The Hall–Kier alpha value is -2.73. The fraction of sp³-hybridized carbons (Fsp3) is 0.222. The third kappa shape index (κ3) is 3.39. The Morgan fingerprint density at radius 1 is 1.08 bits per heavy atom. The van der Waals surface area contributed by atoms with Crippen molar-refractivity contribution >= 4 is 28.5 Å². The Morgan fingerprint density at radius 3 is 2.36 bits per heavy atom. The molecule has 25 heavy (non-hydrogen) atoms. The van der Waals surface area contributed by atoms with Crippen LogP contribution in [0.15, 0.2) is 34.7 Å². The van der Waals surface area contributed by atoms with Crippen LogP contribution in [0.5, 0.6) is 17.2 Å². The summed E-state index contributed by atoms with van der Waals surface area (Å²) in [6, 6.07) is 8.32. The highest BCUT2D eigenvalue weighted by molar-refractivity contribution is 6.31. The summed E-state index contributed by atoms with van der Waals surface area (Å²) in [5.74, 6) is 1.38. The van der Waals surface area contributed by atoms with E-state index in [4.69, 9.17) is 30.2 Å². The molecule has 0 atom stereocenters.